The lowest BCUT2D eigenvalue weighted by Gasteiger charge is -2.24. The SMILES string of the molecule is CC[C@H](N)[C@@H](CC)Nc1nc(Nc2cnc(C)c(N(C)C)c2)c(C(N)=O)cc1F. The zero-order chi connectivity index (χ0) is 21.7. The fourth-order valence-electron chi connectivity index (χ4n) is 3.02. The highest BCUT2D eigenvalue weighted by molar-refractivity contribution is 5.98. The number of nitrogens with zero attached hydrogens (tertiary/aromatic N) is 3. The van der Waals surface area contributed by atoms with Crippen molar-refractivity contribution in [3.05, 3.63) is 35.4 Å². The van der Waals surface area contributed by atoms with Crippen LogP contribution >= 0.6 is 0 Å². The Kier molecular flexibility index (Phi) is 7.33. The molecule has 0 radical (unpaired) electrons. The zero-order valence-corrected chi connectivity index (χ0v) is 17.6. The molecule has 2 atom stereocenters. The maximum atomic E-state index is 14.6. The largest absolute Gasteiger partial charge is 0.376 e. The Morgan fingerprint density at radius 2 is 1.93 bits per heavy atom. The van der Waals surface area contributed by atoms with Gasteiger partial charge in [-0.05, 0) is 31.9 Å². The van der Waals surface area contributed by atoms with Crippen molar-refractivity contribution in [1.29, 1.82) is 0 Å². The van der Waals surface area contributed by atoms with Crippen LogP contribution in [0.4, 0.5) is 27.4 Å². The van der Waals surface area contributed by atoms with Crippen LogP contribution in [0.1, 0.15) is 42.7 Å². The maximum absolute atomic E-state index is 14.6. The average molecular weight is 404 g/mol. The van der Waals surface area contributed by atoms with Crippen LogP contribution in [0.2, 0.25) is 0 Å². The van der Waals surface area contributed by atoms with Crippen LogP contribution in [0.15, 0.2) is 18.3 Å². The summed E-state index contributed by atoms with van der Waals surface area (Å²) in [5.74, 6) is -1.28. The number of carbonyl (C=O) groups is 1. The minimum absolute atomic E-state index is 0.0150. The third-order valence-electron chi connectivity index (χ3n) is 4.80. The van der Waals surface area contributed by atoms with Gasteiger partial charge in [-0.2, -0.15) is 0 Å². The van der Waals surface area contributed by atoms with Gasteiger partial charge in [-0.1, -0.05) is 13.8 Å². The van der Waals surface area contributed by atoms with E-state index in [1.165, 1.54) is 0 Å². The number of hydrogen-bond acceptors (Lipinski definition) is 7. The first-order chi connectivity index (χ1) is 13.7. The van der Waals surface area contributed by atoms with Crippen molar-refractivity contribution in [2.24, 2.45) is 11.5 Å². The summed E-state index contributed by atoms with van der Waals surface area (Å²) in [6.45, 7) is 5.82. The molecule has 0 saturated heterocycles. The molecule has 0 bridgehead atoms. The van der Waals surface area contributed by atoms with E-state index in [-0.39, 0.29) is 29.3 Å². The number of amides is 1. The molecular weight excluding hydrogens is 373 g/mol. The number of hydrogen-bond donors (Lipinski definition) is 4. The van der Waals surface area contributed by atoms with E-state index < -0.39 is 11.7 Å². The maximum Gasteiger partial charge on any atom is 0.252 e. The topological polar surface area (TPSA) is 122 Å². The second kappa shape index (κ2) is 9.51. The summed E-state index contributed by atoms with van der Waals surface area (Å²) in [5.41, 5.74) is 13.8. The molecule has 8 nitrogen and oxygen atoms in total. The van der Waals surface area contributed by atoms with Crippen LogP contribution in [0.5, 0.6) is 0 Å². The number of primary amides is 1. The van der Waals surface area contributed by atoms with Crippen LogP contribution in [-0.4, -0.2) is 42.1 Å². The molecular formula is C20H30FN7O. The van der Waals surface area contributed by atoms with Crippen LogP contribution in [0.3, 0.4) is 0 Å². The minimum atomic E-state index is -0.782. The molecule has 29 heavy (non-hydrogen) atoms. The summed E-state index contributed by atoms with van der Waals surface area (Å²) in [6.07, 6.45) is 3.05. The highest BCUT2D eigenvalue weighted by Crippen LogP contribution is 2.27. The van der Waals surface area contributed by atoms with Gasteiger partial charge in [0.15, 0.2) is 11.6 Å². The smallest absolute Gasteiger partial charge is 0.252 e. The van der Waals surface area contributed by atoms with Crippen molar-refractivity contribution in [2.45, 2.75) is 45.7 Å². The molecule has 0 aromatic carbocycles. The first-order valence-electron chi connectivity index (χ1n) is 9.61. The quantitative estimate of drug-likeness (QED) is 0.508. The van der Waals surface area contributed by atoms with Gasteiger partial charge >= 0.3 is 0 Å². The molecule has 2 aromatic rings. The van der Waals surface area contributed by atoms with Crippen molar-refractivity contribution >= 4 is 28.9 Å². The number of aromatic nitrogens is 2. The first-order valence-corrected chi connectivity index (χ1v) is 9.61. The number of pyridine rings is 2. The minimum Gasteiger partial charge on any atom is -0.376 e. The normalized spacial score (nSPS) is 12.9. The van der Waals surface area contributed by atoms with E-state index in [9.17, 15) is 9.18 Å². The van der Waals surface area contributed by atoms with E-state index in [1.807, 2.05) is 45.8 Å². The zero-order valence-electron chi connectivity index (χ0n) is 17.6. The van der Waals surface area contributed by atoms with E-state index in [0.29, 0.717) is 12.1 Å². The molecule has 158 valence electrons. The van der Waals surface area contributed by atoms with Gasteiger partial charge < -0.3 is 27.0 Å². The van der Waals surface area contributed by atoms with Gasteiger partial charge in [-0.15, -0.1) is 0 Å². The van der Waals surface area contributed by atoms with Crippen LogP contribution in [-0.2, 0) is 0 Å². The number of nitrogens with one attached hydrogen (secondary N) is 2. The van der Waals surface area contributed by atoms with Crippen LogP contribution in [0.25, 0.3) is 0 Å². The Labute approximate surface area is 170 Å². The molecule has 2 aromatic heterocycles. The second-order valence-corrected chi connectivity index (χ2v) is 7.16. The van der Waals surface area contributed by atoms with E-state index in [0.717, 1.165) is 23.9 Å². The van der Waals surface area contributed by atoms with Crippen molar-refractivity contribution in [2.75, 3.05) is 29.6 Å². The van der Waals surface area contributed by atoms with Gasteiger partial charge in [0.2, 0.25) is 0 Å². The van der Waals surface area contributed by atoms with Gasteiger partial charge in [0.05, 0.1) is 28.8 Å². The average Bonchev–Trinajstić information content (AvgIpc) is 2.68. The van der Waals surface area contributed by atoms with E-state index in [4.69, 9.17) is 11.5 Å². The number of halogens is 1. The molecule has 0 aliphatic heterocycles. The van der Waals surface area contributed by atoms with Crippen LogP contribution < -0.4 is 27.0 Å². The lowest BCUT2D eigenvalue weighted by molar-refractivity contribution is 0.100. The second-order valence-electron chi connectivity index (χ2n) is 7.16. The summed E-state index contributed by atoms with van der Waals surface area (Å²) in [6, 6.07) is 2.64. The fraction of sp³-hybridized carbons (Fsp3) is 0.450. The van der Waals surface area contributed by atoms with Crippen molar-refractivity contribution in [3.63, 3.8) is 0 Å². The van der Waals surface area contributed by atoms with E-state index >= 15 is 0 Å². The number of rotatable bonds is 9. The molecule has 2 heterocycles. The van der Waals surface area contributed by atoms with Gasteiger partial charge in [-0.25, -0.2) is 9.37 Å². The fourth-order valence-corrected chi connectivity index (χ4v) is 3.02. The summed E-state index contributed by atoms with van der Waals surface area (Å²) in [4.78, 5) is 22.4. The van der Waals surface area contributed by atoms with Gasteiger partial charge in [0.25, 0.3) is 5.91 Å². The molecule has 1 amide bonds. The Hall–Kier alpha value is -2.94. The summed E-state index contributed by atoms with van der Waals surface area (Å²) in [5, 5.41) is 6.09. The summed E-state index contributed by atoms with van der Waals surface area (Å²) < 4.78 is 14.6. The van der Waals surface area contributed by atoms with Gasteiger partial charge in [0, 0.05) is 26.2 Å². The molecule has 9 heteroatoms. The number of aryl methyl sites for hydroxylation is 1. The van der Waals surface area contributed by atoms with Crippen molar-refractivity contribution in [3.8, 4) is 0 Å². The summed E-state index contributed by atoms with van der Waals surface area (Å²) in [7, 11) is 3.81. The predicted octanol–water partition coefficient (Wildman–Crippen LogP) is 2.76. The Bertz CT molecular complexity index is 872. The molecule has 0 fully saturated rings. The van der Waals surface area contributed by atoms with Gasteiger partial charge in [-0.3, -0.25) is 9.78 Å². The van der Waals surface area contributed by atoms with Crippen molar-refractivity contribution < 1.29 is 9.18 Å². The van der Waals surface area contributed by atoms with E-state index in [2.05, 4.69) is 20.6 Å². The summed E-state index contributed by atoms with van der Waals surface area (Å²) >= 11 is 0. The number of nitrogens with two attached hydrogens (primary N) is 2. The number of anilines is 4. The Morgan fingerprint density at radius 1 is 1.24 bits per heavy atom. The van der Waals surface area contributed by atoms with Crippen molar-refractivity contribution in [1.82, 2.24) is 9.97 Å². The molecule has 0 unspecified atom stereocenters. The lowest BCUT2D eigenvalue weighted by atomic mass is 10.0. The third-order valence-corrected chi connectivity index (χ3v) is 4.80. The number of carbonyl (C=O) groups excluding carboxylic acids is 1. The monoisotopic (exact) mass is 403 g/mol. The van der Waals surface area contributed by atoms with Crippen LogP contribution in [0, 0.1) is 12.7 Å². The Balaban J connectivity index is 2.44. The highest BCUT2D eigenvalue weighted by Gasteiger charge is 2.20. The molecule has 0 saturated carbocycles. The Morgan fingerprint density at radius 3 is 2.48 bits per heavy atom. The third kappa shape index (κ3) is 5.32. The highest BCUT2D eigenvalue weighted by atomic mass is 19.1. The predicted molar refractivity (Wildman–Crippen MR) is 115 cm³/mol. The van der Waals surface area contributed by atoms with E-state index in [1.54, 1.807) is 6.20 Å². The molecule has 2 rings (SSSR count). The first kappa shape index (κ1) is 22.4. The molecule has 0 aliphatic rings. The molecule has 0 aliphatic carbocycles. The van der Waals surface area contributed by atoms with Gasteiger partial charge in [0.1, 0.15) is 5.82 Å². The molecule has 0 spiro atoms. The molecule has 6 N–H and O–H groups in total. The standard InChI is InChI=1S/C20H30FN7O/c1-6-15(22)16(7-2)26-20-14(21)9-13(18(23)29)19(27-20)25-12-8-17(28(4)5)11(3)24-10-12/h8-10,15-16H,6-7,22H2,1-5H3,(H2,23,29)(H2,25,26,27)/t15-,16+/m0/s1. The lowest BCUT2D eigenvalue weighted by Crippen LogP contribution is -2.39.